The van der Waals surface area contributed by atoms with E-state index < -0.39 is 0 Å². The second-order valence-corrected chi connectivity index (χ2v) is 5.20. The van der Waals surface area contributed by atoms with Crippen molar-refractivity contribution in [1.29, 1.82) is 0 Å². The molecule has 1 aliphatic heterocycles. The van der Waals surface area contributed by atoms with E-state index in [2.05, 4.69) is 45.5 Å². The lowest BCUT2D eigenvalue weighted by Crippen LogP contribution is -2.11. The fraction of sp³-hybridized carbons (Fsp3) is 0.385. The van der Waals surface area contributed by atoms with Crippen LogP contribution in [-0.4, -0.2) is 12.8 Å². The molecular formula is C13H16BN. The van der Waals surface area contributed by atoms with Gasteiger partial charge in [0, 0.05) is 17.8 Å². The van der Waals surface area contributed by atoms with Crippen LogP contribution in [0.25, 0.3) is 5.70 Å². The number of nitrogens with zero attached hydrogens (tertiary/aromatic N) is 1. The average Bonchev–Trinajstić information content (AvgIpc) is 2.41. The van der Waals surface area contributed by atoms with Crippen molar-refractivity contribution < 1.29 is 0 Å². The molecule has 0 saturated heterocycles. The Bertz CT molecular complexity index is 415. The first-order valence-corrected chi connectivity index (χ1v) is 5.24. The molecule has 0 aliphatic carbocycles. The summed E-state index contributed by atoms with van der Waals surface area (Å²) in [5.41, 5.74) is 4.94. The van der Waals surface area contributed by atoms with Crippen molar-refractivity contribution in [3.8, 4) is 0 Å². The molecule has 2 rings (SSSR count). The molecule has 0 N–H and O–H groups in total. The Balaban J connectivity index is 2.47. The second kappa shape index (κ2) is 3.16. The number of benzene rings is 1. The van der Waals surface area contributed by atoms with E-state index in [1.54, 1.807) is 4.81 Å². The highest BCUT2D eigenvalue weighted by Gasteiger charge is 2.21. The number of rotatable bonds is 0. The molecule has 1 aromatic rings. The maximum atomic E-state index is 5.82. The third-order valence-corrected chi connectivity index (χ3v) is 2.97. The van der Waals surface area contributed by atoms with Gasteiger partial charge in [0.15, 0.2) is 0 Å². The Kier molecular flexibility index (Phi) is 2.18. The van der Waals surface area contributed by atoms with E-state index >= 15 is 0 Å². The monoisotopic (exact) mass is 197 g/mol. The highest BCUT2D eigenvalue weighted by Crippen LogP contribution is 2.33. The third kappa shape index (κ3) is 1.69. The topological polar surface area (TPSA) is 3.24 Å². The van der Waals surface area contributed by atoms with Crippen molar-refractivity contribution in [1.82, 2.24) is 4.81 Å². The molecule has 0 unspecified atom stereocenters. The summed E-state index contributed by atoms with van der Waals surface area (Å²) < 4.78 is 0. The van der Waals surface area contributed by atoms with Crippen LogP contribution >= 0.6 is 0 Å². The molecule has 0 bridgehead atoms. The molecule has 0 aromatic heterocycles. The van der Waals surface area contributed by atoms with Crippen LogP contribution < -0.4 is 0 Å². The zero-order chi connectivity index (χ0) is 11.2. The molecule has 76 valence electrons. The summed E-state index contributed by atoms with van der Waals surface area (Å²) in [6.45, 7) is 11.4. The SMILES string of the molecule is [B]N1Cc2cc(C(C)(C)C)ccc2C1=C. The van der Waals surface area contributed by atoms with Crippen LogP contribution in [0.1, 0.15) is 37.5 Å². The fourth-order valence-corrected chi connectivity index (χ4v) is 1.91. The molecule has 1 aliphatic rings. The third-order valence-electron chi connectivity index (χ3n) is 2.97. The van der Waals surface area contributed by atoms with Crippen molar-refractivity contribution in [2.24, 2.45) is 0 Å². The first-order chi connectivity index (χ1) is 6.89. The molecule has 1 aromatic carbocycles. The summed E-state index contributed by atoms with van der Waals surface area (Å²) in [5, 5.41) is 0. The normalized spacial score (nSPS) is 15.7. The zero-order valence-electron chi connectivity index (χ0n) is 9.67. The van der Waals surface area contributed by atoms with Gasteiger partial charge in [-0.15, -0.1) is 0 Å². The minimum atomic E-state index is 0.193. The summed E-state index contributed by atoms with van der Waals surface area (Å²) in [6.07, 6.45) is 0. The minimum Gasteiger partial charge on any atom is -0.421 e. The Labute approximate surface area is 93.2 Å². The predicted molar refractivity (Wildman–Crippen MR) is 65.5 cm³/mol. The highest BCUT2D eigenvalue weighted by molar-refractivity contribution is 6.10. The van der Waals surface area contributed by atoms with E-state index in [1.807, 2.05) is 0 Å². The molecule has 0 amide bonds. The molecular weight excluding hydrogens is 181 g/mol. The van der Waals surface area contributed by atoms with Crippen LogP contribution in [0.5, 0.6) is 0 Å². The van der Waals surface area contributed by atoms with Gasteiger partial charge in [-0.25, -0.2) is 0 Å². The summed E-state index contributed by atoms with van der Waals surface area (Å²) in [7, 11) is 5.82. The predicted octanol–water partition coefficient (Wildman–Crippen LogP) is 2.85. The average molecular weight is 197 g/mol. The van der Waals surface area contributed by atoms with Crippen LogP contribution in [0.2, 0.25) is 0 Å². The van der Waals surface area contributed by atoms with Crippen LogP contribution in [0.3, 0.4) is 0 Å². The molecule has 1 heterocycles. The van der Waals surface area contributed by atoms with Crippen LogP contribution in [-0.2, 0) is 12.0 Å². The van der Waals surface area contributed by atoms with E-state index in [-0.39, 0.29) is 5.41 Å². The van der Waals surface area contributed by atoms with E-state index in [0.29, 0.717) is 0 Å². The molecule has 2 heteroatoms. The Morgan fingerprint density at radius 3 is 2.60 bits per heavy atom. The van der Waals surface area contributed by atoms with E-state index in [0.717, 1.165) is 12.2 Å². The second-order valence-electron chi connectivity index (χ2n) is 5.20. The van der Waals surface area contributed by atoms with Gasteiger partial charge in [-0.3, -0.25) is 0 Å². The van der Waals surface area contributed by atoms with Gasteiger partial charge in [0.1, 0.15) is 0 Å². The van der Waals surface area contributed by atoms with Crippen molar-refractivity contribution in [2.75, 3.05) is 0 Å². The summed E-state index contributed by atoms with van der Waals surface area (Å²) in [5.74, 6) is 0. The smallest absolute Gasteiger partial charge is 0.227 e. The van der Waals surface area contributed by atoms with Gasteiger partial charge in [-0.1, -0.05) is 45.5 Å². The maximum Gasteiger partial charge on any atom is 0.227 e. The lowest BCUT2D eigenvalue weighted by molar-refractivity contribution is 0.588. The van der Waals surface area contributed by atoms with Crippen LogP contribution in [0.15, 0.2) is 24.8 Å². The van der Waals surface area contributed by atoms with Crippen molar-refractivity contribution in [3.63, 3.8) is 0 Å². The van der Waals surface area contributed by atoms with E-state index in [4.69, 9.17) is 7.98 Å². The van der Waals surface area contributed by atoms with Crippen LogP contribution in [0, 0.1) is 0 Å². The van der Waals surface area contributed by atoms with Gasteiger partial charge in [0.05, 0.1) is 0 Å². The lowest BCUT2D eigenvalue weighted by atomic mass is 9.85. The van der Waals surface area contributed by atoms with E-state index in [1.165, 1.54) is 16.7 Å². The van der Waals surface area contributed by atoms with Crippen molar-refractivity contribution in [3.05, 3.63) is 41.5 Å². The van der Waals surface area contributed by atoms with Gasteiger partial charge < -0.3 is 4.81 Å². The van der Waals surface area contributed by atoms with Gasteiger partial charge in [-0.05, 0) is 16.5 Å². The summed E-state index contributed by atoms with van der Waals surface area (Å²) in [6, 6.07) is 6.54. The van der Waals surface area contributed by atoms with Crippen molar-refractivity contribution in [2.45, 2.75) is 32.7 Å². The Morgan fingerprint density at radius 2 is 2.00 bits per heavy atom. The molecule has 0 spiro atoms. The standard InChI is InChI=1S/C13H16BN/c1-9-12-6-5-11(13(2,3)4)7-10(12)8-15(9)14/h5-7H,1,8H2,2-4H3. The van der Waals surface area contributed by atoms with Gasteiger partial charge in [0.25, 0.3) is 0 Å². The van der Waals surface area contributed by atoms with Crippen LogP contribution in [0.4, 0.5) is 0 Å². The lowest BCUT2D eigenvalue weighted by Gasteiger charge is -2.19. The molecule has 0 fully saturated rings. The number of hydrogen-bond donors (Lipinski definition) is 0. The van der Waals surface area contributed by atoms with Gasteiger partial charge in [0.2, 0.25) is 7.98 Å². The van der Waals surface area contributed by atoms with E-state index in [9.17, 15) is 0 Å². The molecule has 2 radical (unpaired) electrons. The minimum absolute atomic E-state index is 0.193. The first-order valence-electron chi connectivity index (χ1n) is 5.24. The maximum absolute atomic E-state index is 5.82. The molecule has 0 saturated carbocycles. The highest BCUT2D eigenvalue weighted by atomic mass is 15.1. The van der Waals surface area contributed by atoms with Gasteiger partial charge in [-0.2, -0.15) is 0 Å². The zero-order valence-corrected chi connectivity index (χ0v) is 9.67. The van der Waals surface area contributed by atoms with Crippen molar-refractivity contribution >= 4 is 13.7 Å². The number of fused-ring (bicyclic) bond motifs is 1. The Hall–Kier alpha value is -1.18. The molecule has 0 atom stereocenters. The summed E-state index contributed by atoms with van der Waals surface area (Å²) >= 11 is 0. The summed E-state index contributed by atoms with van der Waals surface area (Å²) in [4.78, 5) is 1.71. The number of hydrogen-bond acceptors (Lipinski definition) is 1. The molecule has 15 heavy (non-hydrogen) atoms. The largest absolute Gasteiger partial charge is 0.421 e. The first kappa shape index (κ1) is 10.3. The fourth-order valence-electron chi connectivity index (χ4n) is 1.91. The molecule has 1 nitrogen and oxygen atoms in total. The van der Waals surface area contributed by atoms with Gasteiger partial charge >= 0.3 is 0 Å². The Morgan fingerprint density at radius 1 is 1.33 bits per heavy atom. The quantitative estimate of drug-likeness (QED) is 0.578.